The van der Waals surface area contributed by atoms with Crippen molar-refractivity contribution in [2.45, 2.75) is 40.5 Å². The van der Waals surface area contributed by atoms with Crippen molar-refractivity contribution in [2.24, 2.45) is 11.8 Å². The lowest BCUT2D eigenvalue weighted by atomic mass is 10.3. The average Bonchev–Trinajstić information content (AvgIpc) is 2.42. The number of sulfone groups is 1. The summed E-state index contributed by atoms with van der Waals surface area (Å²) in [7, 11) is -2.67. The zero-order valence-corrected chi connectivity index (χ0v) is 10.6. The van der Waals surface area contributed by atoms with E-state index in [4.69, 9.17) is 0 Å². The van der Waals surface area contributed by atoms with Gasteiger partial charge in [0.25, 0.3) is 0 Å². The van der Waals surface area contributed by atoms with Gasteiger partial charge in [0.05, 0.1) is 0 Å². The van der Waals surface area contributed by atoms with E-state index in [1.807, 2.05) is 0 Å². The van der Waals surface area contributed by atoms with Crippen LogP contribution < -0.4 is 0 Å². The van der Waals surface area contributed by atoms with Crippen molar-refractivity contribution in [2.75, 3.05) is 12.5 Å². The molecule has 0 saturated heterocycles. The highest BCUT2D eigenvalue weighted by atomic mass is 32.2. The quantitative estimate of drug-likeness (QED) is 0.613. The molecule has 0 radical (unpaired) electrons. The Balaban J connectivity index is 0. The van der Waals surface area contributed by atoms with Crippen molar-refractivity contribution < 1.29 is 8.42 Å². The molecule has 82 valence electrons. The van der Waals surface area contributed by atoms with E-state index >= 15 is 0 Å². The Morgan fingerprint density at radius 2 is 1.15 bits per heavy atom. The summed E-state index contributed by atoms with van der Waals surface area (Å²) in [6.07, 6.45) is 5.29. The highest BCUT2D eigenvalue weighted by molar-refractivity contribution is 7.89. The second-order valence-electron chi connectivity index (χ2n) is 4.56. The Morgan fingerprint density at radius 3 is 1.15 bits per heavy atom. The maximum Gasteiger partial charge on any atom is 0.144 e. The lowest BCUT2D eigenvalue weighted by Gasteiger charge is -1.79. The molecule has 1 fully saturated rings. The predicted molar refractivity (Wildman–Crippen MR) is 59.7 cm³/mol. The zero-order chi connectivity index (χ0) is 11.1. The summed E-state index contributed by atoms with van der Waals surface area (Å²) in [4.78, 5) is 0. The Hall–Kier alpha value is -0.0500. The van der Waals surface area contributed by atoms with E-state index < -0.39 is 9.84 Å². The van der Waals surface area contributed by atoms with Gasteiger partial charge < -0.3 is 0 Å². The van der Waals surface area contributed by atoms with Gasteiger partial charge in [0.2, 0.25) is 0 Å². The van der Waals surface area contributed by atoms with Gasteiger partial charge in [-0.3, -0.25) is 0 Å². The van der Waals surface area contributed by atoms with E-state index in [1.54, 1.807) is 0 Å². The fraction of sp³-hybridized carbons (Fsp3) is 1.00. The van der Waals surface area contributed by atoms with Crippen LogP contribution in [0, 0.1) is 11.8 Å². The van der Waals surface area contributed by atoms with Gasteiger partial charge in [-0.2, -0.15) is 0 Å². The second kappa shape index (κ2) is 7.36. The van der Waals surface area contributed by atoms with E-state index in [9.17, 15) is 8.42 Å². The fourth-order valence-corrected chi connectivity index (χ4v) is 0.167. The van der Waals surface area contributed by atoms with Crippen LogP contribution in [0.1, 0.15) is 40.5 Å². The molecule has 0 unspecified atom stereocenters. The number of hydrogen-bond donors (Lipinski definition) is 0. The molecule has 0 bridgehead atoms. The van der Waals surface area contributed by atoms with Crippen molar-refractivity contribution in [3.05, 3.63) is 0 Å². The van der Waals surface area contributed by atoms with Crippen molar-refractivity contribution in [1.29, 1.82) is 0 Å². The molecule has 0 aliphatic heterocycles. The maximum atomic E-state index is 9.63. The lowest BCUT2D eigenvalue weighted by molar-refractivity contribution is 0.607. The van der Waals surface area contributed by atoms with Crippen molar-refractivity contribution in [3.8, 4) is 0 Å². The van der Waals surface area contributed by atoms with Crippen molar-refractivity contribution in [3.63, 3.8) is 0 Å². The van der Waals surface area contributed by atoms with Gasteiger partial charge in [0.15, 0.2) is 0 Å². The molecule has 1 aliphatic rings. The van der Waals surface area contributed by atoms with Crippen LogP contribution in [0.25, 0.3) is 0 Å². The molecule has 0 aromatic heterocycles. The monoisotopic (exact) mass is 208 g/mol. The summed E-state index contributed by atoms with van der Waals surface area (Å²) >= 11 is 0. The first-order valence-corrected chi connectivity index (χ1v) is 7.08. The van der Waals surface area contributed by atoms with Crippen LogP contribution in [0.5, 0.6) is 0 Å². The van der Waals surface area contributed by atoms with E-state index in [0.717, 1.165) is 24.3 Å². The minimum Gasteiger partial charge on any atom is -0.229 e. The Labute approximate surface area is 83.7 Å². The Kier molecular flexibility index (Phi) is 8.74. The summed E-state index contributed by atoms with van der Waals surface area (Å²) < 4.78 is 19.3. The lowest BCUT2D eigenvalue weighted by Crippen LogP contribution is -1.86. The molecule has 0 N–H and O–H groups in total. The van der Waals surface area contributed by atoms with Crippen LogP contribution in [0.3, 0.4) is 0 Å². The van der Waals surface area contributed by atoms with Gasteiger partial charge in [-0.25, -0.2) is 8.42 Å². The van der Waals surface area contributed by atoms with E-state index in [-0.39, 0.29) is 0 Å². The molecule has 0 spiro atoms. The normalized spacial score (nSPS) is 15.3. The van der Waals surface area contributed by atoms with Crippen LogP contribution in [0.4, 0.5) is 0 Å². The molecule has 0 heterocycles. The molecule has 0 amide bonds. The molecule has 0 atom stereocenters. The third-order valence-corrected chi connectivity index (χ3v) is 0.866. The Morgan fingerprint density at radius 1 is 1.08 bits per heavy atom. The highest BCUT2D eigenvalue weighted by Crippen LogP contribution is 2.26. The van der Waals surface area contributed by atoms with Gasteiger partial charge >= 0.3 is 0 Å². The van der Waals surface area contributed by atoms with Crippen LogP contribution >= 0.6 is 0 Å². The third-order valence-electron chi connectivity index (χ3n) is 0.866. The summed E-state index contributed by atoms with van der Waals surface area (Å²) in [5.41, 5.74) is 0. The summed E-state index contributed by atoms with van der Waals surface area (Å²) in [6.45, 7) is 8.78. The average molecular weight is 208 g/mol. The first-order valence-electron chi connectivity index (χ1n) is 4.78. The van der Waals surface area contributed by atoms with Gasteiger partial charge in [-0.15, -0.1) is 0 Å². The molecule has 3 heteroatoms. The summed E-state index contributed by atoms with van der Waals surface area (Å²) in [6, 6.07) is 0. The number of rotatable bonds is 0. The smallest absolute Gasteiger partial charge is 0.144 e. The standard InChI is InChI=1S/C4H8.C4H10.C2H6O2S/c1-4-2-3-4;1-4(2)3;1-5(2,3)4/h4H,2-3H2,1H3;4H,1-3H3;1-2H3. The molecule has 1 aliphatic carbocycles. The molecule has 1 rings (SSSR count). The van der Waals surface area contributed by atoms with Crippen LogP contribution in [0.2, 0.25) is 0 Å². The first kappa shape index (κ1) is 15.4. The molecule has 1 saturated carbocycles. The SMILES string of the molecule is CC(C)C.CC1CC1.CS(C)(=O)=O. The molecule has 0 aromatic carbocycles. The molecule has 0 aromatic rings. The van der Waals surface area contributed by atoms with Crippen molar-refractivity contribution in [1.82, 2.24) is 0 Å². The molecular weight excluding hydrogens is 184 g/mol. The van der Waals surface area contributed by atoms with Crippen molar-refractivity contribution >= 4 is 9.84 Å². The largest absolute Gasteiger partial charge is 0.229 e. The zero-order valence-electron chi connectivity index (χ0n) is 9.79. The van der Waals surface area contributed by atoms with E-state index in [1.165, 1.54) is 12.8 Å². The first-order chi connectivity index (χ1) is 5.63. The van der Waals surface area contributed by atoms with Gasteiger partial charge in [-0.05, 0) is 11.8 Å². The maximum absolute atomic E-state index is 9.63. The van der Waals surface area contributed by atoms with E-state index in [0.29, 0.717) is 0 Å². The molecule has 13 heavy (non-hydrogen) atoms. The molecular formula is C10H24O2S. The minimum atomic E-state index is -2.67. The Bertz CT molecular complexity index is 178. The van der Waals surface area contributed by atoms with Crippen LogP contribution in [0.15, 0.2) is 0 Å². The van der Waals surface area contributed by atoms with E-state index in [2.05, 4.69) is 27.7 Å². The topological polar surface area (TPSA) is 34.1 Å². The summed E-state index contributed by atoms with van der Waals surface area (Å²) in [5.74, 6) is 1.92. The van der Waals surface area contributed by atoms with Crippen LogP contribution in [-0.4, -0.2) is 20.9 Å². The van der Waals surface area contributed by atoms with Gasteiger partial charge in [0, 0.05) is 12.5 Å². The highest BCUT2D eigenvalue weighted by Gasteiger charge is 2.12. The predicted octanol–water partition coefficient (Wildman–Crippen LogP) is 2.74. The molecule has 2 nitrogen and oxygen atoms in total. The fourth-order valence-electron chi connectivity index (χ4n) is 0.167. The second-order valence-corrected chi connectivity index (χ2v) is 6.84. The third kappa shape index (κ3) is 136. The van der Waals surface area contributed by atoms with Gasteiger partial charge in [-0.1, -0.05) is 40.5 Å². The summed E-state index contributed by atoms with van der Waals surface area (Å²) in [5, 5.41) is 0. The number of hydrogen-bond acceptors (Lipinski definition) is 2. The minimum absolute atomic E-state index is 0.833. The van der Waals surface area contributed by atoms with Crippen LogP contribution in [-0.2, 0) is 9.84 Å². The van der Waals surface area contributed by atoms with Gasteiger partial charge in [0.1, 0.15) is 9.84 Å².